The molecular formula is C29H32FN3O2. The van der Waals surface area contributed by atoms with E-state index in [-0.39, 0.29) is 23.6 Å². The largest absolute Gasteiger partial charge is 0.497 e. The molecule has 2 atom stereocenters. The van der Waals surface area contributed by atoms with Crippen LogP contribution < -0.4 is 9.64 Å². The molecule has 182 valence electrons. The third kappa shape index (κ3) is 5.33. The summed E-state index contributed by atoms with van der Waals surface area (Å²) in [6.45, 7) is 6.06. The van der Waals surface area contributed by atoms with Crippen LogP contribution in [0, 0.1) is 11.7 Å². The average molecular weight is 474 g/mol. The molecule has 0 saturated carbocycles. The second kappa shape index (κ2) is 10.5. The predicted molar refractivity (Wildman–Crippen MR) is 137 cm³/mol. The van der Waals surface area contributed by atoms with Gasteiger partial charge in [0.15, 0.2) is 0 Å². The van der Waals surface area contributed by atoms with Gasteiger partial charge in [-0.1, -0.05) is 36.4 Å². The fraction of sp³-hybridized carbons (Fsp3) is 0.345. The second-order valence-electron chi connectivity index (χ2n) is 9.49. The second-order valence-corrected chi connectivity index (χ2v) is 9.49. The predicted octanol–water partition coefficient (Wildman–Crippen LogP) is 4.51. The number of hydrogen-bond acceptors (Lipinski definition) is 4. The van der Waals surface area contributed by atoms with E-state index in [4.69, 9.17) is 4.74 Å². The Hall–Kier alpha value is -3.38. The first kappa shape index (κ1) is 23.4. The highest BCUT2D eigenvalue weighted by Crippen LogP contribution is 2.35. The van der Waals surface area contributed by atoms with E-state index in [1.54, 1.807) is 25.3 Å². The summed E-state index contributed by atoms with van der Waals surface area (Å²) in [5, 5.41) is 0. The summed E-state index contributed by atoms with van der Waals surface area (Å²) in [5.74, 6) is 0.795. The molecule has 2 fully saturated rings. The number of benzene rings is 3. The van der Waals surface area contributed by atoms with Crippen LogP contribution in [-0.2, 0) is 0 Å². The zero-order valence-corrected chi connectivity index (χ0v) is 20.1. The molecule has 2 saturated heterocycles. The first-order valence-electron chi connectivity index (χ1n) is 12.3. The number of carbonyl (C=O) groups excluding carboxylic acids is 1. The number of methoxy groups -OCH3 is 1. The molecule has 0 aromatic heterocycles. The number of likely N-dealkylation sites (tertiary alicyclic amines) is 1. The van der Waals surface area contributed by atoms with Gasteiger partial charge in [0.2, 0.25) is 0 Å². The molecular weight excluding hydrogens is 441 g/mol. The maximum atomic E-state index is 14.1. The Kier molecular flexibility index (Phi) is 7.00. The molecule has 0 bridgehead atoms. The molecule has 35 heavy (non-hydrogen) atoms. The number of piperazine rings is 1. The standard InChI is InChI=1S/C29H32FN3O2/c1-35-27-12-6-8-23(18-27)29(34)33-20-24(28(21-33)22-7-5-9-25(30)17-22)19-31-13-15-32(16-14-31)26-10-3-2-4-11-26/h2-12,17-18,24,28H,13-16,19-21H2,1H3/t24-,28-/m0/s1. The number of ether oxygens (including phenoxy) is 1. The fourth-order valence-corrected chi connectivity index (χ4v) is 5.43. The van der Waals surface area contributed by atoms with E-state index in [1.807, 2.05) is 35.2 Å². The summed E-state index contributed by atoms with van der Waals surface area (Å²) in [5.41, 5.74) is 2.86. The van der Waals surface area contributed by atoms with E-state index >= 15 is 0 Å². The van der Waals surface area contributed by atoms with Gasteiger partial charge in [-0.3, -0.25) is 9.69 Å². The number of hydrogen-bond donors (Lipinski definition) is 0. The first-order valence-corrected chi connectivity index (χ1v) is 12.3. The lowest BCUT2D eigenvalue weighted by molar-refractivity contribution is 0.0782. The van der Waals surface area contributed by atoms with Gasteiger partial charge in [0.25, 0.3) is 5.91 Å². The van der Waals surface area contributed by atoms with Crippen molar-refractivity contribution in [3.05, 3.63) is 95.8 Å². The monoisotopic (exact) mass is 473 g/mol. The van der Waals surface area contributed by atoms with Crippen molar-refractivity contribution < 1.29 is 13.9 Å². The lowest BCUT2D eigenvalue weighted by atomic mass is 9.88. The smallest absolute Gasteiger partial charge is 0.254 e. The molecule has 0 N–H and O–H groups in total. The van der Waals surface area contributed by atoms with Crippen LogP contribution in [0.1, 0.15) is 21.8 Å². The van der Waals surface area contributed by atoms with Gasteiger partial charge in [0, 0.05) is 63.0 Å². The van der Waals surface area contributed by atoms with E-state index < -0.39 is 0 Å². The van der Waals surface area contributed by atoms with Gasteiger partial charge >= 0.3 is 0 Å². The Morgan fingerprint density at radius 1 is 0.914 bits per heavy atom. The van der Waals surface area contributed by atoms with Crippen LogP contribution >= 0.6 is 0 Å². The third-order valence-electron chi connectivity index (χ3n) is 7.31. The molecule has 0 spiro atoms. The highest BCUT2D eigenvalue weighted by Gasteiger charge is 2.38. The van der Waals surface area contributed by atoms with E-state index in [0.29, 0.717) is 24.4 Å². The van der Waals surface area contributed by atoms with Crippen molar-refractivity contribution in [1.82, 2.24) is 9.80 Å². The summed E-state index contributed by atoms with van der Waals surface area (Å²) in [6.07, 6.45) is 0. The maximum absolute atomic E-state index is 14.1. The Bertz CT molecular complexity index is 1150. The summed E-state index contributed by atoms with van der Waals surface area (Å²) < 4.78 is 19.4. The van der Waals surface area contributed by atoms with Crippen LogP contribution in [0.4, 0.5) is 10.1 Å². The molecule has 5 nitrogen and oxygen atoms in total. The van der Waals surface area contributed by atoms with Crippen molar-refractivity contribution in [2.24, 2.45) is 5.92 Å². The molecule has 2 aliphatic heterocycles. The van der Waals surface area contributed by atoms with Crippen LogP contribution in [0.3, 0.4) is 0 Å². The van der Waals surface area contributed by atoms with Crippen LogP contribution in [0.25, 0.3) is 0 Å². The minimum absolute atomic E-state index is 0.00157. The van der Waals surface area contributed by atoms with Crippen molar-refractivity contribution in [3.8, 4) is 5.75 Å². The molecule has 5 rings (SSSR count). The molecule has 0 unspecified atom stereocenters. The van der Waals surface area contributed by atoms with Gasteiger partial charge in [-0.05, 0) is 53.9 Å². The maximum Gasteiger partial charge on any atom is 0.254 e. The molecule has 3 aromatic rings. The number of rotatable bonds is 6. The van der Waals surface area contributed by atoms with Gasteiger partial charge in [-0.25, -0.2) is 4.39 Å². The minimum Gasteiger partial charge on any atom is -0.497 e. The SMILES string of the molecule is COc1cccc(C(=O)N2C[C@H](CN3CCN(c4ccccc4)CC3)[C@H](c3cccc(F)c3)C2)c1. The fourth-order valence-electron chi connectivity index (χ4n) is 5.43. The molecule has 2 heterocycles. The van der Waals surface area contributed by atoms with Gasteiger partial charge < -0.3 is 14.5 Å². The lowest BCUT2D eigenvalue weighted by Gasteiger charge is -2.37. The van der Waals surface area contributed by atoms with Crippen molar-refractivity contribution in [2.75, 3.05) is 57.8 Å². The van der Waals surface area contributed by atoms with Gasteiger partial charge in [0.1, 0.15) is 11.6 Å². The summed E-state index contributed by atoms with van der Waals surface area (Å²) in [4.78, 5) is 20.2. The highest BCUT2D eigenvalue weighted by atomic mass is 19.1. The van der Waals surface area contributed by atoms with Crippen molar-refractivity contribution in [1.29, 1.82) is 0 Å². The first-order chi connectivity index (χ1) is 17.1. The van der Waals surface area contributed by atoms with Crippen molar-refractivity contribution in [3.63, 3.8) is 0 Å². The summed E-state index contributed by atoms with van der Waals surface area (Å²) in [7, 11) is 1.60. The molecule has 0 radical (unpaired) electrons. The third-order valence-corrected chi connectivity index (χ3v) is 7.31. The number of amides is 1. The highest BCUT2D eigenvalue weighted by molar-refractivity contribution is 5.94. The topological polar surface area (TPSA) is 36.0 Å². The van der Waals surface area contributed by atoms with Gasteiger partial charge in [0.05, 0.1) is 7.11 Å². The minimum atomic E-state index is -0.227. The summed E-state index contributed by atoms with van der Waals surface area (Å²) >= 11 is 0. The molecule has 1 amide bonds. The van der Waals surface area contributed by atoms with Crippen LogP contribution in [-0.4, -0.2) is 68.6 Å². The molecule has 2 aliphatic rings. The Balaban J connectivity index is 1.30. The Labute approximate surface area is 206 Å². The summed E-state index contributed by atoms with van der Waals surface area (Å²) in [6, 6.07) is 24.7. The molecule has 3 aromatic carbocycles. The van der Waals surface area contributed by atoms with Gasteiger partial charge in [-0.2, -0.15) is 0 Å². The number of nitrogens with zero attached hydrogens (tertiary/aromatic N) is 3. The molecule has 0 aliphatic carbocycles. The van der Waals surface area contributed by atoms with E-state index in [0.717, 1.165) is 38.3 Å². The van der Waals surface area contributed by atoms with Crippen molar-refractivity contribution >= 4 is 11.6 Å². The Morgan fingerprint density at radius 3 is 2.43 bits per heavy atom. The van der Waals surface area contributed by atoms with Crippen LogP contribution in [0.2, 0.25) is 0 Å². The van der Waals surface area contributed by atoms with Gasteiger partial charge in [-0.15, -0.1) is 0 Å². The number of carbonyl (C=O) groups is 1. The zero-order valence-electron chi connectivity index (χ0n) is 20.1. The van der Waals surface area contributed by atoms with E-state index in [1.165, 1.54) is 11.8 Å². The lowest BCUT2D eigenvalue weighted by Crippen LogP contribution is -2.48. The van der Waals surface area contributed by atoms with Crippen molar-refractivity contribution in [2.45, 2.75) is 5.92 Å². The average Bonchev–Trinajstić information content (AvgIpc) is 3.33. The van der Waals surface area contributed by atoms with Crippen LogP contribution in [0.5, 0.6) is 5.75 Å². The number of anilines is 1. The number of para-hydroxylation sites is 1. The Morgan fingerprint density at radius 2 is 1.69 bits per heavy atom. The zero-order chi connectivity index (χ0) is 24.2. The van der Waals surface area contributed by atoms with E-state index in [9.17, 15) is 9.18 Å². The van der Waals surface area contributed by atoms with Crippen LogP contribution in [0.15, 0.2) is 78.9 Å². The van der Waals surface area contributed by atoms with E-state index in [2.05, 4.69) is 34.1 Å². The normalized spacial score (nSPS) is 20.7. The molecule has 6 heteroatoms. The number of halogens is 1. The quantitative estimate of drug-likeness (QED) is 0.528.